The molecule has 8 heteroatoms. The molecule has 0 spiro atoms. The van der Waals surface area contributed by atoms with E-state index >= 15 is 0 Å². The predicted molar refractivity (Wildman–Crippen MR) is 111 cm³/mol. The van der Waals surface area contributed by atoms with E-state index in [1.807, 2.05) is 19.4 Å². The zero-order valence-corrected chi connectivity index (χ0v) is 17.6. The van der Waals surface area contributed by atoms with Crippen molar-refractivity contribution in [3.05, 3.63) is 24.2 Å². The Labute approximate surface area is 171 Å². The average Bonchev–Trinajstić information content (AvgIpc) is 3.31. The number of amides is 1. The van der Waals surface area contributed by atoms with Gasteiger partial charge in [0, 0.05) is 67.9 Å². The summed E-state index contributed by atoms with van der Waals surface area (Å²) in [6.07, 6.45) is 7.68. The second-order valence-corrected chi connectivity index (χ2v) is 9.67. The molecule has 1 N–H and O–H groups in total. The number of hydrogen-bond acceptors (Lipinski definition) is 6. The number of fused-ring (bicyclic) bond motifs is 1. The van der Waals surface area contributed by atoms with Gasteiger partial charge in [-0.3, -0.25) is 9.48 Å². The summed E-state index contributed by atoms with van der Waals surface area (Å²) in [6.45, 7) is 10.2. The zero-order valence-electron chi connectivity index (χ0n) is 17.6. The van der Waals surface area contributed by atoms with Crippen molar-refractivity contribution < 1.29 is 4.79 Å². The van der Waals surface area contributed by atoms with Crippen molar-refractivity contribution in [3.8, 4) is 0 Å². The van der Waals surface area contributed by atoms with E-state index in [2.05, 4.69) is 46.0 Å². The van der Waals surface area contributed by atoms with Crippen LogP contribution in [0.3, 0.4) is 0 Å². The van der Waals surface area contributed by atoms with Crippen molar-refractivity contribution in [2.45, 2.75) is 33.6 Å². The predicted octanol–water partition coefficient (Wildman–Crippen LogP) is 2.35. The molecule has 2 aromatic rings. The fourth-order valence-electron chi connectivity index (χ4n) is 4.98. The highest BCUT2D eigenvalue weighted by molar-refractivity contribution is 5.81. The van der Waals surface area contributed by atoms with Gasteiger partial charge in [0.05, 0.1) is 11.9 Å². The van der Waals surface area contributed by atoms with Gasteiger partial charge in [0.1, 0.15) is 5.82 Å². The summed E-state index contributed by atoms with van der Waals surface area (Å²) in [7, 11) is 1.88. The Morgan fingerprint density at radius 1 is 1.14 bits per heavy atom. The van der Waals surface area contributed by atoms with Crippen LogP contribution in [-0.2, 0) is 11.8 Å². The smallest absolute Gasteiger partial charge is 0.229 e. The van der Waals surface area contributed by atoms with Crippen LogP contribution < -0.4 is 10.2 Å². The lowest BCUT2D eigenvalue weighted by molar-refractivity contribution is -0.132. The van der Waals surface area contributed by atoms with Gasteiger partial charge in [-0.2, -0.15) is 10.1 Å². The number of aryl methyl sites for hydroxylation is 2. The molecule has 154 valence electrons. The van der Waals surface area contributed by atoms with E-state index in [0.717, 1.165) is 56.1 Å². The molecule has 4 heterocycles. The molecule has 29 heavy (non-hydrogen) atoms. The number of hydrogen-bond donors (Lipinski definition) is 1. The van der Waals surface area contributed by atoms with Crippen LogP contribution in [0.1, 0.15) is 32.3 Å². The Bertz CT molecular complexity index is 948. The van der Waals surface area contributed by atoms with Crippen molar-refractivity contribution in [1.29, 1.82) is 0 Å². The molecular formula is C21H29N7O. The van der Waals surface area contributed by atoms with Crippen LogP contribution in [0.15, 0.2) is 18.6 Å². The maximum absolute atomic E-state index is 12.6. The largest absolute Gasteiger partial charge is 0.355 e. The van der Waals surface area contributed by atoms with Gasteiger partial charge in [-0.25, -0.2) is 4.98 Å². The van der Waals surface area contributed by atoms with E-state index in [9.17, 15) is 4.79 Å². The Morgan fingerprint density at radius 3 is 2.41 bits per heavy atom. The van der Waals surface area contributed by atoms with Crippen LogP contribution >= 0.6 is 0 Å². The standard InChI is InChI=1S/C21H29N7O/c1-14-7-22-19(24-16-8-23-26(4)9-16)25-17(14)27-10-20(2)12-28(13-21(20,3)11-27)18(29)15-5-6-15/h7-9,15H,5-6,10-13H2,1-4H3,(H,22,24,25)/t20-,21+. The summed E-state index contributed by atoms with van der Waals surface area (Å²) in [5, 5.41) is 7.42. The normalized spacial score (nSPS) is 28.7. The van der Waals surface area contributed by atoms with E-state index in [4.69, 9.17) is 4.98 Å². The molecule has 0 aromatic carbocycles. The molecule has 0 radical (unpaired) electrons. The average molecular weight is 396 g/mol. The van der Waals surface area contributed by atoms with E-state index in [-0.39, 0.29) is 10.8 Å². The third kappa shape index (κ3) is 3.05. The lowest BCUT2D eigenvalue weighted by Crippen LogP contribution is -2.37. The fraction of sp³-hybridized carbons (Fsp3) is 0.619. The summed E-state index contributed by atoms with van der Waals surface area (Å²) < 4.78 is 1.75. The first-order valence-electron chi connectivity index (χ1n) is 10.4. The molecule has 3 fully saturated rings. The molecule has 1 aliphatic carbocycles. The molecule has 5 rings (SSSR count). The van der Waals surface area contributed by atoms with Gasteiger partial charge in [-0.1, -0.05) is 13.8 Å². The number of rotatable bonds is 4. The fourth-order valence-corrected chi connectivity index (χ4v) is 4.98. The van der Waals surface area contributed by atoms with Crippen LogP contribution in [0.4, 0.5) is 17.5 Å². The maximum atomic E-state index is 12.6. The third-order valence-corrected chi connectivity index (χ3v) is 7.06. The summed E-state index contributed by atoms with van der Waals surface area (Å²) in [5.41, 5.74) is 2.09. The van der Waals surface area contributed by atoms with Crippen LogP contribution in [0.25, 0.3) is 0 Å². The summed E-state index contributed by atoms with van der Waals surface area (Å²) >= 11 is 0. The first-order valence-corrected chi connectivity index (χ1v) is 10.4. The van der Waals surface area contributed by atoms with Gasteiger partial charge < -0.3 is 15.1 Å². The Kier molecular flexibility index (Phi) is 3.92. The minimum Gasteiger partial charge on any atom is -0.355 e. The van der Waals surface area contributed by atoms with Crippen LogP contribution in [0.5, 0.6) is 0 Å². The first-order chi connectivity index (χ1) is 13.8. The Morgan fingerprint density at radius 2 is 1.83 bits per heavy atom. The number of carbonyl (C=O) groups excluding carboxylic acids is 1. The molecule has 1 amide bonds. The molecule has 0 bridgehead atoms. The number of anilines is 3. The van der Waals surface area contributed by atoms with E-state index in [1.165, 1.54) is 0 Å². The third-order valence-electron chi connectivity index (χ3n) is 7.06. The summed E-state index contributed by atoms with van der Waals surface area (Å²) in [6, 6.07) is 0. The number of likely N-dealkylation sites (tertiary alicyclic amines) is 1. The van der Waals surface area contributed by atoms with Crippen molar-refractivity contribution in [2.24, 2.45) is 23.8 Å². The highest BCUT2D eigenvalue weighted by atomic mass is 16.2. The zero-order chi connectivity index (χ0) is 20.4. The lowest BCUT2D eigenvalue weighted by Gasteiger charge is -2.29. The molecule has 2 aliphatic heterocycles. The van der Waals surface area contributed by atoms with Crippen LogP contribution in [-0.4, -0.2) is 56.7 Å². The summed E-state index contributed by atoms with van der Waals surface area (Å²) in [4.78, 5) is 26.4. The quantitative estimate of drug-likeness (QED) is 0.856. The van der Waals surface area contributed by atoms with Gasteiger partial charge in [0.2, 0.25) is 11.9 Å². The molecule has 1 saturated carbocycles. The number of aromatic nitrogens is 4. The van der Waals surface area contributed by atoms with Crippen molar-refractivity contribution in [2.75, 3.05) is 36.4 Å². The van der Waals surface area contributed by atoms with Crippen molar-refractivity contribution in [3.63, 3.8) is 0 Å². The molecule has 0 unspecified atom stereocenters. The minimum absolute atomic E-state index is 0.0753. The molecule has 8 nitrogen and oxygen atoms in total. The van der Waals surface area contributed by atoms with Gasteiger partial charge >= 0.3 is 0 Å². The van der Waals surface area contributed by atoms with Gasteiger partial charge in [-0.15, -0.1) is 0 Å². The molecule has 2 saturated heterocycles. The van der Waals surface area contributed by atoms with Crippen LogP contribution in [0.2, 0.25) is 0 Å². The Balaban J connectivity index is 1.36. The van der Waals surface area contributed by atoms with Crippen molar-refractivity contribution >= 4 is 23.4 Å². The second-order valence-electron chi connectivity index (χ2n) is 9.67. The van der Waals surface area contributed by atoms with E-state index in [0.29, 0.717) is 17.8 Å². The SMILES string of the molecule is Cc1cnc(Nc2cnn(C)c2)nc1N1C[C@]2(C)CN(C(=O)C3CC3)C[C@]2(C)C1. The topological polar surface area (TPSA) is 79.2 Å². The molecule has 3 aliphatic rings. The van der Waals surface area contributed by atoms with Gasteiger partial charge in [0.15, 0.2) is 0 Å². The second kappa shape index (κ2) is 6.18. The number of nitrogens with zero attached hydrogens (tertiary/aromatic N) is 6. The number of nitrogens with one attached hydrogen (secondary N) is 1. The lowest BCUT2D eigenvalue weighted by atomic mass is 9.71. The summed E-state index contributed by atoms with van der Waals surface area (Å²) in [5.74, 6) is 2.22. The highest BCUT2D eigenvalue weighted by Crippen LogP contribution is 2.53. The van der Waals surface area contributed by atoms with Gasteiger partial charge in [-0.05, 0) is 19.8 Å². The van der Waals surface area contributed by atoms with Crippen LogP contribution in [0, 0.1) is 23.7 Å². The number of carbonyl (C=O) groups is 1. The molecule has 2 atom stereocenters. The molecule has 2 aromatic heterocycles. The maximum Gasteiger partial charge on any atom is 0.229 e. The van der Waals surface area contributed by atoms with E-state index < -0.39 is 0 Å². The minimum atomic E-state index is 0.0753. The first kappa shape index (κ1) is 18.4. The highest BCUT2D eigenvalue weighted by Gasteiger charge is 2.59. The molecular weight excluding hydrogens is 366 g/mol. The Hall–Kier alpha value is -2.64. The van der Waals surface area contributed by atoms with Gasteiger partial charge in [0.25, 0.3) is 0 Å². The monoisotopic (exact) mass is 395 g/mol. The van der Waals surface area contributed by atoms with E-state index in [1.54, 1.807) is 10.9 Å². The van der Waals surface area contributed by atoms with Crippen molar-refractivity contribution in [1.82, 2.24) is 24.6 Å².